The zero-order valence-electron chi connectivity index (χ0n) is 36.5. The van der Waals surface area contributed by atoms with E-state index in [1.54, 1.807) is 0 Å². The predicted molar refractivity (Wildman–Crippen MR) is 227 cm³/mol. The Morgan fingerprint density at radius 3 is 1.59 bits per heavy atom. The van der Waals surface area contributed by atoms with Crippen LogP contribution in [0.4, 0.5) is 0 Å². The van der Waals surface area contributed by atoms with E-state index in [0.717, 1.165) is 76.5 Å². The monoisotopic (exact) mass is 694 g/mol. The zero-order chi connectivity index (χ0) is 42.3. The molecule has 0 N–H and O–H groups in total. The molecule has 0 aliphatic rings. The topological polar surface area (TPSA) is 26.3 Å². The van der Waals surface area contributed by atoms with Crippen LogP contribution in [0.2, 0.25) is 0 Å². The fourth-order valence-electron chi connectivity index (χ4n) is 8.49. The lowest BCUT2D eigenvalue weighted by molar-refractivity contribution is 0.663. The molecule has 0 saturated carbocycles. The van der Waals surface area contributed by atoms with E-state index in [1.165, 1.54) is 0 Å². The van der Waals surface area contributed by atoms with E-state index in [-0.39, 0.29) is 45.7 Å². The average Bonchev–Trinajstić information content (AvgIpc) is 3.87. The molecule has 250 valence electrons. The fraction of sp³-hybridized carbons (Fsp3) is 0. The first-order valence-corrected chi connectivity index (χ1v) is 17.8. The summed E-state index contributed by atoms with van der Waals surface area (Å²) < 4.78 is 85.5. The molecule has 2 heterocycles. The van der Waals surface area contributed by atoms with Gasteiger partial charge in [0.2, 0.25) is 0 Å². The molecule has 0 aliphatic heterocycles. The summed E-state index contributed by atoms with van der Waals surface area (Å²) in [4.78, 5) is 0. The Kier molecular flexibility index (Phi) is 4.70. The normalized spacial score (nSPS) is 14.1. The van der Waals surface area contributed by atoms with Gasteiger partial charge in [-0.1, -0.05) is 139 Å². The van der Waals surface area contributed by atoms with E-state index in [0.29, 0.717) is 22.3 Å². The van der Waals surface area contributed by atoms with Crippen molar-refractivity contribution in [2.45, 2.75) is 0 Å². The van der Waals surface area contributed by atoms with Gasteiger partial charge in [0.15, 0.2) is 0 Å². The summed E-state index contributed by atoms with van der Waals surface area (Å²) in [6.07, 6.45) is 0. The van der Waals surface area contributed by atoms with Gasteiger partial charge in [-0.25, -0.2) is 0 Å². The van der Waals surface area contributed by atoms with Crippen molar-refractivity contribution in [1.82, 2.24) is 0 Å². The predicted octanol–water partition coefficient (Wildman–Crippen LogP) is 15.1. The highest BCUT2D eigenvalue weighted by molar-refractivity contribution is 6.26. The molecule has 0 unspecified atom stereocenters. The lowest BCUT2D eigenvalue weighted by Crippen LogP contribution is -1.91. The van der Waals surface area contributed by atoms with Crippen molar-refractivity contribution in [2.24, 2.45) is 0 Å². The van der Waals surface area contributed by atoms with Crippen LogP contribution in [0.3, 0.4) is 0 Å². The highest BCUT2D eigenvalue weighted by Gasteiger charge is 2.19. The second-order valence-electron chi connectivity index (χ2n) is 13.8. The van der Waals surface area contributed by atoms with Crippen molar-refractivity contribution in [3.05, 3.63) is 182 Å². The van der Waals surface area contributed by atoms with Gasteiger partial charge in [0.1, 0.15) is 22.3 Å². The Hall–Kier alpha value is -7.16. The minimum atomic E-state index is -0.431. The summed E-state index contributed by atoms with van der Waals surface area (Å²) in [6, 6.07) is 40.4. The van der Waals surface area contributed by atoms with Gasteiger partial charge < -0.3 is 8.83 Å². The molecule has 0 fully saturated rings. The van der Waals surface area contributed by atoms with Crippen LogP contribution in [0.5, 0.6) is 0 Å². The van der Waals surface area contributed by atoms with Crippen molar-refractivity contribution in [2.75, 3.05) is 0 Å². The van der Waals surface area contributed by atoms with Crippen molar-refractivity contribution >= 4 is 87.0 Å². The third kappa shape index (κ3) is 4.22. The summed E-state index contributed by atoms with van der Waals surface area (Å²) in [6.45, 7) is 0. The molecule has 0 atom stereocenters. The van der Waals surface area contributed by atoms with E-state index >= 15 is 0 Å². The molecular formula is C52H30O2. The second kappa shape index (κ2) is 11.2. The van der Waals surface area contributed by atoms with Crippen LogP contribution in [0.25, 0.3) is 120 Å². The Morgan fingerprint density at radius 1 is 0.333 bits per heavy atom. The van der Waals surface area contributed by atoms with Crippen molar-refractivity contribution in [3.63, 3.8) is 0 Å². The lowest BCUT2D eigenvalue weighted by Gasteiger charge is -2.18. The molecule has 10 aromatic carbocycles. The minimum absolute atomic E-state index is 0.182. The van der Waals surface area contributed by atoms with E-state index in [4.69, 9.17) is 14.3 Å². The number of para-hydroxylation sites is 1. The Labute approximate surface area is 321 Å². The molecule has 12 rings (SSSR count). The first kappa shape index (κ1) is 22.7. The number of benzene rings is 10. The summed E-state index contributed by atoms with van der Waals surface area (Å²) >= 11 is 0. The largest absolute Gasteiger partial charge is 0.456 e. The van der Waals surface area contributed by atoms with Gasteiger partial charge in [-0.05, 0) is 119 Å². The van der Waals surface area contributed by atoms with Gasteiger partial charge in [-0.3, -0.25) is 0 Å². The van der Waals surface area contributed by atoms with Crippen LogP contribution in [-0.2, 0) is 0 Å². The van der Waals surface area contributed by atoms with Crippen LogP contribution in [-0.4, -0.2) is 0 Å². The Bertz CT molecular complexity index is 3900. The molecule has 2 heteroatoms. The Morgan fingerprint density at radius 2 is 0.870 bits per heavy atom. The standard InChI is InChI=1S/C52H30O2/c1-2-11-32-28-35(21-20-31(32)10-1)49-39-13-3-5-15-41(39)50(42-16-6-4-14-40(42)49)36-23-24-38-33(29-36)12-9-18-37(38)34-22-25-44-48(30-34)54-47-27-26-46-51(52(44)47)43-17-7-8-19-45(43)53-46/h1-30H/i3D,4D,5D,6D,13D,14D,15D,16D. The van der Waals surface area contributed by atoms with Gasteiger partial charge in [0, 0.05) is 21.5 Å². The number of hydrogen-bond donors (Lipinski definition) is 0. The second-order valence-corrected chi connectivity index (χ2v) is 13.8. The van der Waals surface area contributed by atoms with Gasteiger partial charge in [0.05, 0.1) is 11.0 Å². The van der Waals surface area contributed by atoms with Crippen LogP contribution in [0, 0.1) is 0 Å². The smallest absolute Gasteiger partial charge is 0.136 e. The van der Waals surface area contributed by atoms with E-state index in [2.05, 4.69) is 18.2 Å². The van der Waals surface area contributed by atoms with Crippen molar-refractivity contribution < 1.29 is 19.8 Å². The molecule has 0 saturated heterocycles. The van der Waals surface area contributed by atoms with Crippen molar-refractivity contribution in [3.8, 4) is 33.4 Å². The quantitative estimate of drug-likeness (QED) is 0.172. The minimum Gasteiger partial charge on any atom is -0.456 e. The maximum absolute atomic E-state index is 9.40. The number of rotatable bonds is 3. The lowest BCUT2D eigenvalue weighted by atomic mass is 9.85. The highest BCUT2D eigenvalue weighted by atomic mass is 16.3. The highest BCUT2D eigenvalue weighted by Crippen LogP contribution is 2.46. The molecular weight excluding hydrogens is 657 g/mol. The first-order valence-electron chi connectivity index (χ1n) is 21.8. The van der Waals surface area contributed by atoms with Crippen LogP contribution in [0.1, 0.15) is 11.0 Å². The molecule has 0 spiro atoms. The average molecular weight is 695 g/mol. The zero-order valence-corrected chi connectivity index (χ0v) is 28.5. The van der Waals surface area contributed by atoms with E-state index in [9.17, 15) is 5.48 Å². The summed E-state index contributed by atoms with van der Waals surface area (Å²) in [5.74, 6) is 0. The number of fused-ring (bicyclic) bond motifs is 11. The number of hydrogen-bond acceptors (Lipinski definition) is 2. The van der Waals surface area contributed by atoms with E-state index in [1.807, 2.05) is 115 Å². The molecule has 2 nitrogen and oxygen atoms in total. The van der Waals surface area contributed by atoms with Crippen LogP contribution < -0.4 is 0 Å². The summed E-state index contributed by atoms with van der Waals surface area (Å²) in [5, 5.41) is 8.35. The Balaban J connectivity index is 1.12. The van der Waals surface area contributed by atoms with E-state index < -0.39 is 24.2 Å². The molecule has 0 bridgehead atoms. The maximum atomic E-state index is 9.40. The van der Waals surface area contributed by atoms with Gasteiger partial charge in [-0.15, -0.1) is 0 Å². The summed E-state index contributed by atoms with van der Waals surface area (Å²) in [5.41, 5.74) is 6.76. The van der Waals surface area contributed by atoms with Gasteiger partial charge >= 0.3 is 0 Å². The molecule has 12 aromatic rings. The molecule has 54 heavy (non-hydrogen) atoms. The third-order valence-corrected chi connectivity index (χ3v) is 10.9. The molecule has 0 amide bonds. The van der Waals surface area contributed by atoms with Crippen LogP contribution in [0.15, 0.2) is 191 Å². The fourth-order valence-corrected chi connectivity index (χ4v) is 8.49. The molecule has 2 aromatic heterocycles. The van der Waals surface area contributed by atoms with Gasteiger partial charge in [0.25, 0.3) is 0 Å². The van der Waals surface area contributed by atoms with Crippen molar-refractivity contribution in [1.29, 1.82) is 0 Å². The van der Waals surface area contributed by atoms with Crippen LogP contribution >= 0.6 is 0 Å². The summed E-state index contributed by atoms with van der Waals surface area (Å²) in [7, 11) is 0. The maximum Gasteiger partial charge on any atom is 0.136 e. The number of furan rings is 2. The first-order chi connectivity index (χ1) is 30.1. The molecule has 0 radical (unpaired) electrons. The van der Waals surface area contributed by atoms with Gasteiger partial charge in [-0.2, -0.15) is 0 Å². The third-order valence-electron chi connectivity index (χ3n) is 10.9. The SMILES string of the molecule is [2H]c1c([2H])c([2H])c2c(-c3ccc4c(-c5ccc6c(c5)oc5ccc7oc8ccccc8c7c56)cccc4c3)c3c([2H])c([2H])c([2H])c([2H])c3c(-c3ccc4ccccc4c3)c2c1[2H]. The molecule has 0 aliphatic carbocycles.